The molecule has 6 heteroatoms. The molecular weight excluding hydrogens is 198 g/mol. The molecule has 2 heterocycles. The van der Waals surface area contributed by atoms with E-state index in [2.05, 4.69) is 15.1 Å². The Morgan fingerprint density at radius 3 is 2.80 bits per heavy atom. The summed E-state index contributed by atoms with van der Waals surface area (Å²) in [5.74, 6) is -0.968. The van der Waals surface area contributed by atoms with Gasteiger partial charge in [0.25, 0.3) is 0 Å². The molecule has 1 N–H and O–H groups in total. The van der Waals surface area contributed by atoms with Gasteiger partial charge in [-0.1, -0.05) is 5.16 Å². The van der Waals surface area contributed by atoms with Gasteiger partial charge in [-0.05, 0) is 6.92 Å². The molecule has 0 aliphatic heterocycles. The minimum atomic E-state index is -1.10. The molecule has 0 atom stereocenters. The summed E-state index contributed by atoms with van der Waals surface area (Å²) in [5.41, 5.74) is 0.975. The lowest BCUT2D eigenvalue weighted by atomic mass is 10.2. The summed E-state index contributed by atoms with van der Waals surface area (Å²) in [4.78, 5) is 18.8. The lowest BCUT2D eigenvalue weighted by Gasteiger charge is -1.99. The second-order valence-electron chi connectivity index (χ2n) is 2.86. The first kappa shape index (κ1) is 9.32. The summed E-state index contributed by atoms with van der Waals surface area (Å²) in [6, 6.07) is 0. The van der Waals surface area contributed by atoms with Crippen molar-refractivity contribution in [3.63, 3.8) is 0 Å². The van der Waals surface area contributed by atoms with Gasteiger partial charge in [0.1, 0.15) is 11.3 Å². The predicted octanol–water partition coefficient (Wildman–Crippen LogP) is 1.14. The normalized spacial score (nSPS) is 10.2. The summed E-state index contributed by atoms with van der Waals surface area (Å²) in [7, 11) is 0. The van der Waals surface area contributed by atoms with Crippen LogP contribution in [0.3, 0.4) is 0 Å². The monoisotopic (exact) mass is 205 g/mol. The molecule has 0 bridgehead atoms. The van der Waals surface area contributed by atoms with E-state index in [-0.39, 0.29) is 11.3 Å². The van der Waals surface area contributed by atoms with E-state index in [4.69, 9.17) is 9.63 Å². The number of hydrogen-bond acceptors (Lipinski definition) is 5. The first-order valence-corrected chi connectivity index (χ1v) is 4.16. The zero-order valence-electron chi connectivity index (χ0n) is 7.84. The fourth-order valence-corrected chi connectivity index (χ4v) is 1.19. The highest BCUT2D eigenvalue weighted by atomic mass is 16.5. The number of aromatic carboxylic acids is 1. The molecule has 0 radical (unpaired) electrons. The second kappa shape index (κ2) is 3.49. The summed E-state index contributed by atoms with van der Waals surface area (Å²) < 4.78 is 4.86. The molecule has 0 aliphatic rings. The van der Waals surface area contributed by atoms with Crippen molar-refractivity contribution < 1.29 is 14.4 Å². The Hall–Kier alpha value is -2.24. The third kappa shape index (κ3) is 1.56. The van der Waals surface area contributed by atoms with E-state index in [0.29, 0.717) is 11.4 Å². The van der Waals surface area contributed by atoms with Gasteiger partial charge < -0.3 is 9.63 Å². The predicted molar refractivity (Wildman–Crippen MR) is 49.2 cm³/mol. The van der Waals surface area contributed by atoms with Gasteiger partial charge in [-0.15, -0.1) is 0 Å². The van der Waals surface area contributed by atoms with Crippen LogP contribution in [-0.2, 0) is 0 Å². The fraction of sp³-hybridized carbons (Fsp3) is 0.111. The van der Waals surface area contributed by atoms with Crippen LogP contribution in [0.2, 0.25) is 0 Å². The van der Waals surface area contributed by atoms with Crippen LogP contribution in [0.4, 0.5) is 0 Å². The first-order chi connectivity index (χ1) is 7.20. The van der Waals surface area contributed by atoms with Gasteiger partial charge >= 0.3 is 5.97 Å². The van der Waals surface area contributed by atoms with Crippen LogP contribution in [0.15, 0.2) is 23.1 Å². The van der Waals surface area contributed by atoms with Crippen molar-refractivity contribution in [3.8, 4) is 11.5 Å². The highest BCUT2D eigenvalue weighted by Gasteiger charge is 2.19. The van der Waals surface area contributed by atoms with E-state index in [9.17, 15) is 4.79 Å². The van der Waals surface area contributed by atoms with Crippen LogP contribution in [0.1, 0.15) is 16.1 Å². The standard InChI is InChI=1S/C9H7N3O3/c1-5-7(11-3-2-10-5)8-6(9(13)14)4-12-15-8/h2-4H,1H3,(H,13,14). The molecule has 15 heavy (non-hydrogen) atoms. The Morgan fingerprint density at radius 2 is 2.13 bits per heavy atom. The molecule has 0 unspecified atom stereocenters. The van der Waals surface area contributed by atoms with E-state index in [1.54, 1.807) is 6.92 Å². The Bertz CT molecular complexity index is 507. The molecule has 0 saturated heterocycles. The Balaban J connectivity index is 2.59. The van der Waals surface area contributed by atoms with Gasteiger partial charge in [0.15, 0.2) is 0 Å². The topological polar surface area (TPSA) is 89.1 Å². The number of carboxylic acids is 1. The van der Waals surface area contributed by atoms with E-state index < -0.39 is 5.97 Å². The third-order valence-electron chi connectivity index (χ3n) is 1.90. The molecule has 0 fully saturated rings. The van der Waals surface area contributed by atoms with Crippen molar-refractivity contribution in [3.05, 3.63) is 29.8 Å². The lowest BCUT2D eigenvalue weighted by Crippen LogP contribution is -1.98. The summed E-state index contributed by atoms with van der Waals surface area (Å²) in [6.45, 7) is 1.72. The zero-order chi connectivity index (χ0) is 10.8. The average Bonchev–Trinajstić information content (AvgIpc) is 2.67. The molecule has 0 aliphatic carbocycles. The van der Waals surface area contributed by atoms with Crippen molar-refractivity contribution in [2.75, 3.05) is 0 Å². The van der Waals surface area contributed by atoms with Crippen molar-refractivity contribution >= 4 is 5.97 Å². The van der Waals surface area contributed by atoms with Gasteiger partial charge in [-0.3, -0.25) is 4.98 Å². The largest absolute Gasteiger partial charge is 0.477 e. The molecular formula is C9H7N3O3. The van der Waals surface area contributed by atoms with Gasteiger partial charge in [0.05, 0.1) is 11.9 Å². The number of carbonyl (C=O) groups is 1. The quantitative estimate of drug-likeness (QED) is 0.790. The number of aromatic nitrogens is 3. The molecule has 0 spiro atoms. The highest BCUT2D eigenvalue weighted by molar-refractivity contribution is 5.93. The first-order valence-electron chi connectivity index (χ1n) is 4.16. The Labute approximate surface area is 84.6 Å². The number of carboxylic acid groups (broad SMARTS) is 1. The van der Waals surface area contributed by atoms with Crippen molar-refractivity contribution in [2.24, 2.45) is 0 Å². The van der Waals surface area contributed by atoms with E-state index in [1.807, 2.05) is 0 Å². The third-order valence-corrected chi connectivity index (χ3v) is 1.90. The van der Waals surface area contributed by atoms with E-state index in [0.717, 1.165) is 6.20 Å². The van der Waals surface area contributed by atoms with Crippen LogP contribution in [0.5, 0.6) is 0 Å². The SMILES string of the molecule is Cc1nccnc1-c1oncc1C(=O)O. The summed E-state index contributed by atoms with van der Waals surface area (Å²) in [6.07, 6.45) is 4.14. The number of nitrogens with zero attached hydrogens (tertiary/aromatic N) is 3. The van der Waals surface area contributed by atoms with Gasteiger partial charge in [0.2, 0.25) is 5.76 Å². The molecule has 2 aromatic rings. The Kier molecular flexibility index (Phi) is 2.17. The fourth-order valence-electron chi connectivity index (χ4n) is 1.19. The molecule has 0 aromatic carbocycles. The molecule has 6 nitrogen and oxygen atoms in total. The maximum atomic E-state index is 10.8. The van der Waals surface area contributed by atoms with Crippen LogP contribution >= 0.6 is 0 Å². The van der Waals surface area contributed by atoms with Crippen LogP contribution < -0.4 is 0 Å². The minimum absolute atomic E-state index is 0.0152. The summed E-state index contributed by atoms with van der Waals surface area (Å²) in [5, 5.41) is 12.3. The zero-order valence-corrected chi connectivity index (χ0v) is 7.84. The average molecular weight is 205 g/mol. The van der Waals surface area contributed by atoms with Crippen LogP contribution in [0, 0.1) is 6.92 Å². The van der Waals surface area contributed by atoms with Crippen molar-refractivity contribution in [1.82, 2.24) is 15.1 Å². The number of aryl methyl sites for hydroxylation is 1. The Morgan fingerprint density at radius 1 is 1.40 bits per heavy atom. The molecule has 76 valence electrons. The van der Waals surface area contributed by atoms with Crippen molar-refractivity contribution in [1.29, 1.82) is 0 Å². The van der Waals surface area contributed by atoms with Gasteiger partial charge in [-0.2, -0.15) is 0 Å². The second-order valence-corrected chi connectivity index (χ2v) is 2.86. The highest BCUT2D eigenvalue weighted by Crippen LogP contribution is 2.22. The molecule has 2 aromatic heterocycles. The van der Waals surface area contributed by atoms with Crippen molar-refractivity contribution in [2.45, 2.75) is 6.92 Å². The number of hydrogen-bond donors (Lipinski definition) is 1. The van der Waals surface area contributed by atoms with Gasteiger partial charge in [-0.25, -0.2) is 9.78 Å². The molecule has 2 rings (SSSR count). The lowest BCUT2D eigenvalue weighted by molar-refractivity contribution is 0.0697. The van der Waals surface area contributed by atoms with E-state index in [1.165, 1.54) is 12.4 Å². The molecule has 0 saturated carbocycles. The van der Waals surface area contributed by atoms with Crippen LogP contribution in [-0.4, -0.2) is 26.2 Å². The van der Waals surface area contributed by atoms with E-state index >= 15 is 0 Å². The van der Waals surface area contributed by atoms with Gasteiger partial charge in [0, 0.05) is 12.4 Å². The summed E-state index contributed by atoms with van der Waals surface area (Å²) >= 11 is 0. The maximum Gasteiger partial charge on any atom is 0.341 e. The maximum absolute atomic E-state index is 10.8. The van der Waals surface area contributed by atoms with Crippen LogP contribution in [0.25, 0.3) is 11.5 Å². The number of rotatable bonds is 2. The smallest absolute Gasteiger partial charge is 0.341 e. The minimum Gasteiger partial charge on any atom is -0.477 e. The molecule has 0 amide bonds.